The number of aliphatic hydroxyl groups excluding tert-OH is 1. The fraction of sp³-hybridized carbons (Fsp3) is 0.632. The van der Waals surface area contributed by atoms with Crippen LogP contribution in [-0.2, 0) is 4.79 Å². The summed E-state index contributed by atoms with van der Waals surface area (Å²) in [6.45, 7) is 4.61. The van der Waals surface area contributed by atoms with Crippen LogP contribution in [0.4, 0.5) is 0 Å². The molecular formula is C19H29NO2. The van der Waals surface area contributed by atoms with Crippen molar-refractivity contribution in [3.05, 3.63) is 35.9 Å². The number of rotatable bonds is 7. The Balaban J connectivity index is 1.79. The molecular weight excluding hydrogens is 274 g/mol. The molecule has 1 aliphatic rings. The number of nitrogens with one attached hydrogen (secondary N) is 1. The van der Waals surface area contributed by atoms with E-state index >= 15 is 0 Å². The van der Waals surface area contributed by atoms with Crippen molar-refractivity contribution < 1.29 is 9.90 Å². The van der Waals surface area contributed by atoms with Crippen molar-refractivity contribution in [1.29, 1.82) is 0 Å². The van der Waals surface area contributed by atoms with Crippen LogP contribution in [0.25, 0.3) is 0 Å². The molecule has 0 spiro atoms. The summed E-state index contributed by atoms with van der Waals surface area (Å²) in [7, 11) is 0. The van der Waals surface area contributed by atoms with Gasteiger partial charge in [-0.3, -0.25) is 4.79 Å². The lowest BCUT2D eigenvalue weighted by molar-refractivity contribution is -0.127. The van der Waals surface area contributed by atoms with Crippen molar-refractivity contribution in [3.8, 4) is 0 Å². The van der Waals surface area contributed by atoms with Crippen LogP contribution in [0.2, 0.25) is 0 Å². The van der Waals surface area contributed by atoms with E-state index in [-0.39, 0.29) is 17.9 Å². The number of hydrogen-bond donors (Lipinski definition) is 2. The number of ketones is 1. The molecule has 1 fully saturated rings. The molecule has 122 valence electrons. The van der Waals surface area contributed by atoms with E-state index in [2.05, 4.69) is 5.32 Å². The van der Waals surface area contributed by atoms with Crippen molar-refractivity contribution in [2.24, 2.45) is 11.8 Å². The molecule has 0 radical (unpaired) electrons. The average Bonchev–Trinajstić information content (AvgIpc) is 2.59. The van der Waals surface area contributed by atoms with Crippen LogP contribution >= 0.6 is 0 Å². The predicted molar refractivity (Wildman–Crippen MR) is 89.6 cm³/mol. The Hall–Kier alpha value is -1.19. The van der Waals surface area contributed by atoms with Crippen LogP contribution in [0.15, 0.2) is 30.3 Å². The normalized spacial score (nSPS) is 20.3. The van der Waals surface area contributed by atoms with E-state index < -0.39 is 6.10 Å². The Labute approximate surface area is 134 Å². The molecule has 1 saturated carbocycles. The van der Waals surface area contributed by atoms with Gasteiger partial charge in [0, 0.05) is 24.4 Å². The summed E-state index contributed by atoms with van der Waals surface area (Å²) in [4.78, 5) is 12.4. The second-order valence-electron chi connectivity index (χ2n) is 6.69. The van der Waals surface area contributed by atoms with E-state index in [4.69, 9.17) is 0 Å². The van der Waals surface area contributed by atoms with Gasteiger partial charge < -0.3 is 10.4 Å². The Morgan fingerprint density at radius 2 is 1.82 bits per heavy atom. The molecule has 0 saturated heterocycles. The van der Waals surface area contributed by atoms with Gasteiger partial charge in [0.15, 0.2) is 0 Å². The van der Waals surface area contributed by atoms with Crippen LogP contribution in [0.1, 0.15) is 57.6 Å². The highest BCUT2D eigenvalue weighted by atomic mass is 16.3. The second-order valence-corrected chi connectivity index (χ2v) is 6.69. The summed E-state index contributed by atoms with van der Waals surface area (Å²) in [5.74, 6) is 0.682. The number of carbonyl (C=O) groups excluding carboxylic acids is 1. The zero-order chi connectivity index (χ0) is 15.9. The van der Waals surface area contributed by atoms with Crippen LogP contribution < -0.4 is 5.32 Å². The van der Waals surface area contributed by atoms with Gasteiger partial charge in [-0.05, 0) is 25.3 Å². The maximum atomic E-state index is 12.4. The van der Waals surface area contributed by atoms with Gasteiger partial charge in [-0.1, -0.05) is 56.5 Å². The van der Waals surface area contributed by atoms with Gasteiger partial charge in [-0.25, -0.2) is 0 Å². The van der Waals surface area contributed by atoms with Gasteiger partial charge >= 0.3 is 0 Å². The molecule has 0 bridgehead atoms. The van der Waals surface area contributed by atoms with E-state index in [1.54, 1.807) is 0 Å². The Bertz CT molecular complexity index is 454. The minimum Gasteiger partial charge on any atom is -0.387 e. The third kappa shape index (κ3) is 4.65. The summed E-state index contributed by atoms with van der Waals surface area (Å²) in [5, 5.41) is 13.7. The standard InChI is InChI=1S/C19H29NO2/c1-14(18(21)16-9-5-3-6-10-16)13-20-15(2)19(22)17-11-7-4-8-12-17/h4,7-8,11-12,14-16,19-20,22H,3,5-6,9-10,13H2,1-2H3. The van der Waals surface area contributed by atoms with E-state index in [0.717, 1.165) is 18.4 Å². The average molecular weight is 303 g/mol. The molecule has 3 heteroatoms. The number of carbonyl (C=O) groups is 1. The maximum Gasteiger partial charge on any atom is 0.140 e. The highest BCUT2D eigenvalue weighted by Gasteiger charge is 2.26. The minimum atomic E-state index is -0.543. The molecule has 22 heavy (non-hydrogen) atoms. The fourth-order valence-electron chi connectivity index (χ4n) is 3.30. The lowest BCUT2D eigenvalue weighted by Crippen LogP contribution is -2.38. The molecule has 1 aromatic carbocycles. The smallest absolute Gasteiger partial charge is 0.140 e. The monoisotopic (exact) mass is 303 g/mol. The maximum absolute atomic E-state index is 12.4. The van der Waals surface area contributed by atoms with Gasteiger partial charge in [-0.15, -0.1) is 0 Å². The minimum absolute atomic E-state index is 0.0218. The van der Waals surface area contributed by atoms with Gasteiger partial charge in [-0.2, -0.15) is 0 Å². The molecule has 0 amide bonds. The van der Waals surface area contributed by atoms with Crippen molar-refractivity contribution >= 4 is 5.78 Å². The first-order valence-corrected chi connectivity index (χ1v) is 8.59. The van der Waals surface area contributed by atoms with Gasteiger partial charge in [0.25, 0.3) is 0 Å². The second kappa shape index (κ2) is 8.44. The Kier molecular flexibility index (Phi) is 6.59. The molecule has 2 N–H and O–H groups in total. The quantitative estimate of drug-likeness (QED) is 0.810. The third-order valence-corrected chi connectivity index (χ3v) is 4.85. The number of hydrogen-bond acceptors (Lipinski definition) is 3. The predicted octanol–water partition coefficient (Wildman–Crippen LogP) is 3.48. The van der Waals surface area contributed by atoms with Crippen molar-refractivity contribution in [3.63, 3.8) is 0 Å². The SMILES string of the molecule is CC(CNC(C)C(O)c1ccccc1)C(=O)C1CCCCC1. The molecule has 1 aromatic rings. The number of benzene rings is 1. The molecule has 0 aromatic heterocycles. The van der Waals surface area contributed by atoms with Crippen LogP contribution in [0.5, 0.6) is 0 Å². The van der Waals surface area contributed by atoms with E-state index in [1.807, 2.05) is 44.2 Å². The van der Waals surface area contributed by atoms with Crippen molar-refractivity contribution in [1.82, 2.24) is 5.32 Å². The zero-order valence-electron chi connectivity index (χ0n) is 13.8. The summed E-state index contributed by atoms with van der Waals surface area (Å²) >= 11 is 0. The van der Waals surface area contributed by atoms with Gasteiger partial charge in [0.05, 0.1) is 6.10 Å². The van der Waals surface area contributed by atoms with Crippen LogP contribution in [0, 0.1) is 11.8 Å². The molecule has 3 nitrogen and oxygen atoms in total. The molecule has 0 aliphatic heterocycles. The lowest BCUT2D eigenvalue weighted by Gasteiger charge is -2.26. The van der Waals surface area contributed by atoms with Crippen LogP contribution in [0.3, 0.4) is 0 Å². The first-order valence-electron chi connectivity index (χ1n) is 8.59. The number of aliphatic hydroxyl groups is 1. The molecule has 0 heterocycles. The number of Topliss-reactive ketones (excluding diaryl/α,β-unsaturated/α-hetero) is 1. The summed E-state index contributed by atoms with van der Waals surface area (Å²) in [6.07, 6.45) is 5.24. The lowest BCUT2D eigenvalue weighted by atomic mass is 9.82. The van der Waals surface area contributed by atoms with E-state index in [1.165, 1.54) is 19.3 Å². The Morgan fingerprint density at radius 3 is 2.45 bits per heavy atom. The summed E-state index contributed by atoms with van der Waals surface area (Å²) in [5.41, 5.74) is 0.911. The summed E-state index contributed by atoms with van der Waals surface area (Å²) < 4.78 is 0. The Morgan fingerprint density at radius 1 is 1.18 bits per heavy atom. The first kappa shape index (κ1) is 17.2. The molecule has 3 unspecified atom stereocenters. The highest BCUT2D eigenvalue weighted by molar-refractivity contribution is 5.83. The van der Waals surface area contributed by atoms with Gasteiger partial charge in [0.2, 0.25) is 0 Å². The molecule has 1 aliphatic carbocycles. The first-order chi connectivity index (χ1) is 10.6. The van der Waals surface area contributed by atoms with E-state index in [0.29, 0.717) is 12.3 Å². The topological polar surface area (TPSA) is 49.3 Å². The van der Waals surface area contributed by atoms with Gasteiger partial charge in [0.1, 0.15) is 5.78 Å². The highest BCUT2D eigenvalue weighted by Crippen LogP contribution is 2.26. The summed E-state index contributed by atoms with van der Waals surface area (Å²) in [6, 6.07) is 9.60. The zero-order valence-corrected chi connectivity index (χ0v) is 13.8. The fourth-order valence-corrected chi connectivity index (χ4v) is 3.30. The van der Waals surface area contributed by atoms with Crippen molar-refractivity contribution in [2.75, 3.05) is 6.54 Å². The largest absolute Gasteiger partial charge is 0.387 e. The van der Waals surface area contributed by atoms with E-state index in [9.17, 15) is 9.90 Å². The van der Waals surface area contributed by atoms with Crippen molar-refractivity contribution in [2.45, 2.75) is 58.1 Å². The van der Waals surface area contributed by atoms with Crippen LogP contribution in [-0.4, -0.2) is 23.5 Å². The molecule has 3 atom stereocenters. The molecule has 2 rings (SSSR count). The third-order valence-electron chi connectivity index (χ3n) is 4.85.